The maximum atomic E-state index is 12.5. The van der Waals surface area contributed by atoms with Gasteiger partial charge in [-0.15, -0.1) is 0 Å². The molecule has 8 heteroatoms. The van der Waals surface area contributed by atoms with E-state index >= 15 is 0 Å². The summed E-state index contributed by atoms with van der Waals surface area (Å²) in [5, 5.41) is 18.6. The van der Waals surface area contributed by atoms with Crippen LogP contribution in [0.15, 0.2) is 12.1 Å². The molecule has 1 aliphatic rings. The van der Waals surface area contributed by atoms with E-state index in [9.17, 15) is 28.3 Å². The minimum absolute atomic E-state index is 0.0128. The Labute approximate surface area is 150 Å². The van der Waals surface area contributed by atoms with Crippen LogP contribution in [-0.2, 0) is 0 Å². The van der Waals surface area contributed by atoms with Crippen LogP contribution in [0.3, 0.4) is 0 Å². The van der Waals surface area contributed by atoms with E-state index in [-0.39, 0.29) is 17.2 Å². The number of carboxylic acid groups (broad SMARTS) is 1. The van der Waals surface area contributed by atoms with Crippen molar-refractivity contribution in [1.29, 1.82) is 5.26 Å². The lowest BCUT2D eigenvalue weighted by molar-refractivity contribution is -0.147. The SMILES string of the molecule is CCN(c1cc(C#N)cc(C(=O)O)c1C)C1CCN(CC(F)(F)F)CC1. The first-order chi connectivity index (χ1) is 12.2. The zero-order chi connectivity index (χ0) is 19.5. The Morgan fingerprint density at radius 2 is 2.00 bits per heavy atom. The molecular weight excluding hydrogens is 347 g/mol. The van der Waals surface area contributed by atoms with Crippen molar-refractivity contribution in [2.75, 3.05) is 31.1 Å². The fourth-order valence-corrected chi connectivity index (χ4v) is 3.55. The number of halogens is 3. The normalized spacial score (nSPS) is 16.3. The summed E-state index contributed by atoms with van der Waals surface area (Å²) >= 11 is 0. The standard InChI is InChI=1S/C18H22F3N3O2/c1-3-24(14-4-6-23(7-5-14)11-18(19,20)21)16-9-13(10-22)8-15(12(16)2)17(25)26/h8-9,14H,3-7,11H2,1-2H3,(H,25,26). The first-order valence-electron chi connectivity index (χ1n) is 8.50. The second kappa shape index (κ2) is 7.96. The summed E-state index contributed by atoms with van der Waals surface area (Å²) in [6.45, 7) is 3.96. The Bertz CT molecular complexity index is 705. The Kier molecular flexibility index (Phi) is 6.13. The number of carbonyl (C=O) groups is 1. The van der Waals surface area contributed by atoms with E-state index in [1.807, 2.05) is 17.9 Å². The minimum atomic E-state index is -4.20. The van der Waals surface area contributed by atoms with Crippen molar-refractivity contribution < 1.29 is 23.1 Å². The molecule has 1 N–H and O–H groups in total. The van der Waals surface area contributed by atoms with Crippen LogP contribution < -0.4 is 4.90 Å². The lowest BCUT2D eigenvalue weighted by Gasteiger charge is -2.40. The molecule has 0 amide bonds. The van der Waals surface area contributed by atoms with E-state index in [1.54, 1.807) is 13.0 Å². The molecular formula is C18H22F3N3O2. The third-order valence-corrected chi connectivity index (χ3v) is 4.79. The number of anilines is 1. The largest absolute Gasteiger partial charge is 0.478 e. The Balaban J connectivity index is 2.23. The van der Waals surface area contributed by atoms with Gasteiger partial charge >= 0.3 is 12.1 Å². The number of nitrogens with zero attached hydrogens (tertiary/aromatic N) is 3. The number of benzene rings is 1. The van der Waals surface area contributed by atoms with Crippen LogP contribution in [-0.4, -0.2) is 54.4 Å². The lowest BCUT2D eigenvalue weighted by Crippen LogP contribution is -2.47. The smallest absolute Gasteiger partial charge is 0.401 e. The van der Waals surface area contributed by atoms with Crippen molar-refractivity contribution in [3.63, 3.8) is 0 Å². The van der Waals surface area contributed by atoms with Gasteiger partial charge in [-0.2, -0.15) is 18.4 Å². The molecule has 0 atom stereocenters. The average Bonchev–Trinajstić information content (AvgIpc) is 2.56. The average molecular weight is 369 g/mol. The first kappa shape index (κ1) is 20.0. The summed E-state index contributed by atoms with van der Waals surface area (Å²) in [7, 11) is 0. The number of rotatable bonds is 5. The molecule has 1 aliphatic heterocycles. The highest BCUT2D eigenvalue weighted by molar-refractivity contribution is 5.92. The van der Waals surface area contributed by atoms with Crippen molar-refractivity contribution in [3.05, 3.63) is 28.8 Å². The van der Waals surface area contributed by atoms with Crippen LogP contribution >= 0.6 is 0 Å². The molecule has 1 aromatic carbocycles. The molecule has 0 radical (unpaired) electrons. The summed E-state index contributed by atoms with van der Waals surface area (Å²) in [6.07, 6.45) is -3.09. The summed E-state index contributed by atoms with van der Waals surface area (Å²) < 4.78 is 37.6. The summed E-state index contributed by atoms with van der Waals surface area (Å²) in [5.41, 5.74) is 1.57. The van der Waals surface area contributed by atoms with E-state index in [1.165, 1.54) is 11.0 Å². The van der Waals surface area contributed by atoms with Gasteiger partial charge in [0, 0.05) is 31.4 Å². The van der Waals surface area contributed by atoms with E-state index in [0.29, 0.717) is 43.7 Å². The molecule has 0 unspecified atom stereocenters. The van der Waals surface area contributed by atoms with Gasteiger partial charge in [0.25, 0.3) is 0 Å². The highest BCUT2D eigenvalue weighted by Crippen LogP contribution is 2.30. The third kappa shape index (κ3) is 4.67. The Morgan fingerprint density at radius 3 is 2.46 bits per heavy atom. The number of hydrogen-bond donors (Lipinski definition) is 1. The van der Waals surface area contributed by atoms with Gasteiger partial charge in [-0.25, -0.2) is 4.79 Å². The van der Waals surface area contributed by atoms with Crippen molar-refractivity contribution in [1.82, 2.24) is 4.90 Å². The molecule has 1 fully saturated rings. The highest BCUT2D eigenvalue weighted by Gasteiger charge is 2.34. The third-order valence-electron chi connectivity index (χ3n) is 4.79. The number of aromatic carboxylic acids is 1. The zero-order valence-corrected chi connectivity index (χ0v) is 14.8. The van der Waals surface area contributed by atoms with Crippen LogP contribution in [0.4, 0.5) is 18.9 Å². The Morgan fingerprint density at radius 1 is 1.38 bits per heavy atom. The number of likely N-dealkylation sites (tertiary alicyclic amines) is 1. The predicted molar refractivity (Wildman–Crippen MR) is 91.4 cm³/mol. The van der Waals surface area contributed by atoms with Gasteiger partial charge in [0.05, 0.1) is 23.7 Å². The van der Waals surface area contributed by atoms with E-state index in [0.717, 1.165) is 0 Å². The van der Waals surface area contributed by atoms with Crippen LogP contribution in [0.2, 0.25) is 0 Å². The molecule has 0 aromatic heterocycles. The second-order valence-corrected chi connectivity index (χ2v) is 6.49. The molecule has 0 aliphatic carbocycles. The molecule has 142 valence electrons. The van der Waals surface area contributed by atoms with Gasteiger partial charge in [-0.3, -0.25) is 4.90 Å². The molecule has 1 aromatic rings. The van der Waals surface area contributed by atoms with Crippen molar-refractivity contribution >= 4 is 11.7 Å². The molecule has 0 spiro atoms. The first-order valence-corrected chi connectivity index (χ1v) is 8.50. The molecule has 1 heterocycles. The van der Waals surface area contributed by atoms with Gasteiger partial charge in [0.2, 0.25) is 0 Å². The number of hydrogen-bond acceptors (Lipinski definition) is 4. The lowest BCUT2D eigenvalue weighted by atomic mass is 9.98. The maximum absolute atomic E-state index is 12.5. The van der Waals surface area contributed by atoms with Crippen LogP contribution in [0.25, 0.3) is 0 Å². The topological polar surface area (TPSA) is 67.6 Å². The van der Waals surface area contributed by atoms with E-state index < -0.39 is 18.7 Å². The Hall–Kier alpha value is -2.27. The number of piperidine rings is 1. The van der Waals surface area contributed by atoms with E-state index in [4.69, 9.17) is 0 Å². The van der Waals surface area contributed by atoms with Crippen LogP contribution in [0.5, 0.6) is 0 Å². The number of alkyl halides is 3. The van der Waals surface area contributed by atoms with Crippen molar-refractivity contribution in [2.24, 2.45) is 0 Å². The van der Waals surface area contributed by atoms with E-state index in [2.05, 4.69) is 0 Å². The summed E-state index contributed by atoms with van der Waals surface area (Å²) in [6, 6.07) is 5.00. The molecule has 26 heavy (non-hydrogen) atoms. The maximum Gasteiger partial charge on any atom is 0.401 e. The fourth-order valence-electron chi connectivity index (χ4n) is 3.55. The second-order valence-electron chi connectivity index (χ2n) is 6.49. The molecule has 1 saturated heterocycles. The monoisotopic (exact) mass is 369 g/mol. The quantitative estimate of drug-likeness (QED) is 0.861. The molecule has 5 nitrogen and oxygen atoms in total. The minimum Gasteiger partial charge on any atom is -0.478 e. The van der Waals surface area contributed by atoms with Gasteiger partial charge < -0.3 is 10.0 Å². The van der Waals surface area contributed by atoms with Crippen LogP contribution in [0, 0.1) is 18.3 Å². The highest BCUT2D eigenvalue weighted by atomic mass is 19.4. The predicted octanol–water partition coefficient (Wildman–Crippen LogP) is 3.42. The number of nitriles is 1. The van der Waals surface area contributed by atoms with Gasteiger partial charge in [-0.05, 0) is 44.4 Å². The summed E-state index contributed by atoms with van der Waals surface area (Å²) in [4.78, 5) is 14.9. The van der Waals surface area contributed by atoms with Gasteiger partial charge in [-0.1, -0.05) is 0 Å². The van der Waals surface area contributed by atoms with Gasteiger partial charge in [0.1, 0.15) is 0 Å². The summed E-state index contributed by atoms with van der Waals surface area (Å²) in [5.74, 6) is -1.10. The molecule has 0 bridgehead atoms. The fraction of sp³-hybridized carbons (Fsp3) is 0.556. The molecule has 0 saturated carbocycles. The zero-order valence-electron chi connectivity index (χ0n) is 14.8. The van der Waals surface area contributed by atoms with Crippen molar-refractivity contribution in [2.45, 2.75) is 38.9 Å². The molecule has 2 rings (SSSR count). The van der Waals surface area contributed by atoms with Gasteiger partial charge in [0.15, 0.2) is 0 Å². The van der Waals surface area contributed by atoms with Crippen LogP contribution in [0.1, 0.15) is 41.3 Å². The number of carboxylic acids is 1. The van der Waals surface area contributed by atoms with Crippen molar-refractivity contribution in [3.8, 4) is 6.07 Å².